The van der Waals surface area contributed by atoms with E-state index in [1.165, 1.54) is 0 Å². The standard InChI is InChI=1S/C13H18F3N3S/c1-17-11-6-8(13(14,15)16)7-12(19-11)18-9-4-3-5-10(9)20-2/h6-7,9-10H,3-5H2,1-2H3,(H2,17,18,19). The normalized spacial score (nSPS) is 22.9. The van der Waals surface area contributed by atoms with E-state index in [9.17, 15) is 13.2 Å². The van der Waals surface area contributed by atoms with Gasteiger partial charge in [0.25, 0.3) is 0 Å². The molecule has 0 saturated heterocycles. The zero-order chi connectivity index (χ0) is 14.8. The van der Waals surface area contributed by atoms with Gasteiger partial charge < -0.3 is 10.6 Å². The van der Waals surface area contributed by atoms with Crippen LogP contribution in [0.5, 0.6) is 0 Å². The van der Waals surface area contributed by atoms with E-state index in [0.29, 0.717) is 5.25 Å². The molecule has 1 aromatic heterocycles. The highest BCUT2D eigenvalue weighted by atomic mass is 32.2. The Kier molecular flexibility index (Phi) is 4.67. The minimum Gasteiger partial charge on any atom is -0.373 e. The molecule has 1 heterocycles. The molecule has 0 radical (unpaired) electrons. The summed E-state index contributed by atoms with van der Waals surface area (Å²) >= 11 is 1.75. The Morgan fingerprint density at radius 3 is 2.55 bits per heavy atom. The second-order valence-electron chi connectivity index (χ2n) is 4.83. The first-order valence-electron chi connectivity index (χ1n) is 6.50. The average Bonchev–Trinajstić information content (AvgIpc) is 2.84. The number of aromatic nitrogens is 1. The third-order valence-corrected chi connectivity index (χ3v) is 4.67. The molecule has 1 fully saturated rings. The number of thioether (sulfide) groups is 1. The smallest absolute Gasteiger partial charge is 0.373 e. The minimum absolute atomic E-state index is 0.186. The molecule has 3 nitrogen and oxygen atoms in total. The van der Waals surface area contributed by atoms with E-state index in [1.807, 2.05) is 6.26 Å². The summed E-state index contributed by atoms with van der Waals surface area (Å²) in [6, 6.07) is 2.29. The lowest BCUT2D eigenvalue weighted by molar-refractivity contribution is -0.137. The Labute approximate surface area is 120 Å². The van der Waals surface area contributed by atoms with Crippen LogP contribution in [0.2, 0.25) is 0 Å². The van der Waals surface area contributed by atoms with Crippen LogP contribution in [-0.4, -0.2) is 29.6 Å². The van der Waals surface area contributed by atoms with Crippen molar-refractivity contribution < 1.29 is 13.2 Å². The van der Waals surface area contributed by atoms with Gasteiger partial charge in [-0.2, -0.15) is 24.9 Å². The second kappa shape index (κ2) is 6.11. The summed E-state index contributed by atoms with van der Waals surface area (Å²) in [7, 11) is 1.56. The van der Waals surface area contributed by atoms with E-state index < -0.39 is 11.7 Å². The van der Waals surface area contributed by atoms with Gasteiger partial charge in [0.05, 0.1) is 5.56 Å². The van der Waals surface area contributed by atoms with E-state index in [4.69, 9.17) is 0 Å². The Morgan fingerprint density at radius 2 is 1.95 bits per heavy atom. The van der Waals surface area contributed by atoms with Crippen LogP contribution in [0.3, 0.4) is 0 Å². The number of nitrogens with zero attached hydrogens (tertiary/aromatic N) is 1. The molecule has 2 unspecified atom stereocenters. The molecule has 2 N–H and O–H groups in total. The highest BCUT2D eigenvalue weighted by molar-refractivity contribution is 7.99. The van der Waals surface area contributed by atoms with E-state index in [2.05, 4.69) is 15.6 Å². The Hall–Kier alpha value is -1.11. The van der Waals surface area contributed by atoms with Crippen LogP contribution >= 0.6 is 11.8 Å². The lowest BCUT2D eigenvalue weighted by Crippen LogP contribution is -2.26. The van der Waals surface area contributed by atoms with Crippen molar-refractivity contribution in [3.8, 4) is 0 Å². The monoisotopic (exact) mass is 305 g/mol. The van der Waals surface area contributed by atoms with E-state index >= 15 is 0 Å². The molecule has 0 amide bonds. The summed E-state index contributed by atoms with van der Waals surface area (Å²) in [5.74, 6) is 0.510. The van der Waals surface area contributed by atoms with Crippen LogP contribution in [0.1, 0.15) is 24.8 Å². The Balaban J connectivity index is 2.22. The number of rotatable bonds is 4. The first-order valence-corrected chi connectivity index (χ1v) is 7.79. The third kappa shape index (κ3) is 3.50. The molecule has 0 aromatic carbocycles. The zero-order valence-corrected chi connectivity index (χ0v) is 12.2. The maximum atomic E-state index is 12.9. The number of nitrogens with one attached hydrogen (secondary N) is 2. The fraction of sp³-hybridized carbons (Fsp3) is 0.615. The van der Waals surface area contributed by atoms with Gasteiger partial charge in [0.1, 0.15) is 11.6 Å². The van der Waals surface area contributed by atoms with Crippen molar-refractivity contribution in [2.24, 2.45) is 0 Å². The largest absolute Gasteiger partial charge is 0.416 e. The van der Waals surface area contributed by atoms with Crippen molar-refractivity contribution in [2.45, 2.75) is 36.7 Å². The van der Waals surface area contributed by atoms with Crippen molar-refractivity contribution in [2.75, 3.05) is 23.9 Å². The Bertz CT molecular complexity index is 465. The maximum absolute atomic E-state index is 12.9. The molecule has 7 heteroatoms. The van der Waals surface area contributed by atoms with E-state index in [0.717, 1.165) is 31.4 Å². The molecule has 0 bridgehead atoms. The maximum Gasteiger partial charge on any atom is 0.416 e. The van der Waals surface area contributed by atoms with E-state index in [1.54, 1.807) is 18.8 Å². The summed E-state index contributed by atoms with van der Waals surface area (Å²) in [6.45, 7) is 0. The number of pyridine rings is 1. The van der Waals surface area contributed by atoms with Crippen LogP contribution in [0, 0.1) is 0 Å². The lowest BCUT2D eigenvalue weighted by atomic mass is 10.2. The zero-order valence-electron chi connectivity index (χ0n) is 11.4. The van der Waals surface area contributed by atoms with Crippen molar-refractivity contribution >= 4 is 23.4 Å². The van der Waals surface area contributed by atoms with Crippen molar-refractivity contribution in [3.63, 3.8) is 0 Å². The molecule has 1 aromatic rings. The first-order chi connectivity index (χ1) is 9.44. The molecule has 1 saturated carbocycles. The lowest BCUT2D eigenvalue weighted by Gasteiger charge is -2.21. The molecular formula is C13H18F3N3S. The number of hydrogen-bond donors (Lipinski definition) is 2. The highest BCUT2D eigenvalue weighted by Gasteiger charge is 2.32. The van der Waals surface area contributed by atoms with E-state index in [-0.39, 0.29) is 17.7 Å². The van der Waals surface area contributed by atoms with Crippen LogP contribution in [0.15, 0.2) is 12.1 Å². The Morgan fingerprint density at radius 1 is 1.25 bits per heavy atom. The quantitative estimate of drug-likeness (QED) is 0.886. The molecule has 20 heavy (non-hydrogen) atoms. The fourth-order valence-corrected chi connectivity index (χ4v) is 3.39. The van der Waals surface area contributed by atoms with Gasteiger partial charge in [-0.3, -0.25) is 0 Å². The SMILES string of the molecule is CNc1cc(C(F)(F)F)cc(NC2CCCC2SC)n1. The molecule has 1 aliphatic carbocycles. The van der Waals surface area contributed by atoms with Crippen LogP contribution in [0.25, 0.3) is 0 Å². The second-order valence-corrected chi connectivity index (χ2v) is 5.91. The van der Waals surface area contributed by atoms with Crippen LogP contribution < -0.4 is 10.6 Å². The van der Waals surface area contributed by atoms with Gasteiger partial charge >= 0.3 is 6.18 Å². The first kappa shape index (κ1) is 15.3. The van der Waals surface area contributed by atoms with Gasteiger partial charge in [-0.25, -0.2) is 4.98 Å². The van der Waals surface area contributed by atoms with Crippen LogP contribution in [0.4, 0.5) is 24.8 Å². The number of anilines is 2. The van der Waals surface area contributed by atoms with Gasteiger partial charge in [-0.1, -0.05) is 6.42 Å². The molecule has 1 aliphatic rings. The number of halogens is 3. The van der Waals surface area contributed by atoms with Gasteiger partial charge in [0, 0.05) is 18.3 Å². The van der Waals surface area contributed by atoms with Gasteiger partial charge in [-0.15, -0.1) is 0 Å². The third-order valence-electron chi connectivity index (χ3n) is 3.50. The summed E-state index contributed by atoms with van der Waals surface area (Å²) in [6.07, 6.45) is 0.832. The van der Waals surface area contributed by atoms with Gasteiger partial charge in [-0.05, 0) is 31.2 Å². The molecule has 0 aliphatic heterocycles. The molecule has 112 valence electrons. The predicted octanol–water partition coefficient (Wildman–Crippen LogP) is 3.84. The average molecular weight is 305 g/mol. The molecular weight excluding hydrogens is 287 g/mol. The molecule has 0 spiro atoms. The summed E-state index contributed by atoms with van der Waals surface area (Å²) < 4.78 is 38.6. The summed E-state index contributed by atoms with van der Waals surface area (Å²) in [4.78, 5) is 4.17. The summed E-state index contributed by atoms with van der Waals surface area (Å²) in [5, 5.41) is 6.27. The fourth-order valence-electron chi connectivity index (χ4n) is 2.46. The van der Waals surface area contributed by atoms with Gasteiger partial charge in [0.2, 0.25) is 0 Å². The molecule has 2 rings (SSSR count). The van der Waals surface area contributed by atoms with Crippen molar-refractivity contribution in [1.82, 2.24) is 4.98 Å². The van der Waals surface area contributed by atoms with Crippen LogP contribution in [-0.2, 0) is 6.18 Å². The highest BCUT2D eigenvalue weighted by Crippen LogP contribution is 2.34. The topological polar surface area (TPSA) is 37.0 Å². The molecule has 2 atom stereocenters. The minimum atomic E-state index is -4.36. The number of alkyl halides is 3. The van der Waals surface area contributed by atoms with Gasteiger partial charge in [0.15, 0.2) is 0 Å². The van der Waals surface area contributed by atoms with Crippen molar-refractivity contribution in [3.05, 3.63) is 17.7 Å². The number of hydrogen-bond acceptors (Lipinski definition) is 4. The predicted molar refractivity (Wildman–Crippen MR) is 77.4 cm³/mol. The van der Waals surface area contributed by atoms with Crippen molar-refractivity contribution in [1.29, 1.82) is 0 Å². The summed E-state index contributed by atoms with van der Waals surface area (Å²) in [5.41, 5.74) is -0.682.